The number of nitrogens with one attached hydrogen (secondary N) is 3. The van der Waals surface area contributed by atoms with Crippen molar-refractivity contribution >= 4 is 22.8 Å². The number of aryl methyl sites for hydroxylation is 1. The van der Waals surface area contributed by atoms with Crippen molar-refractivity contribution in [2.45, 2.75) is 6.92 Å². The number of para-hydroxylation sites is 1. The van der Waals surface area contributed by atoms with Crippen LogP contribution in [-0.4, -0.2) is 26.1 Å². The van der Waals surface area contributed by atoms with Gasteiger partial charge in [0.2, 0.25) is 5.95 Å². The van der Waals surface area contributed by atoms with Crippen LogP contribution >= 0.6 is 0 Å². The number of fused-ring (bicyclic) bond motifs is 1. The Morgan fingerprint density at radius 3 is 2.94 bits per heavy atom. The van der Waals surface area contributed by atoms with Crippen molar-refractivity contribution in [3.8, 4) is 0 Å². The topological polar surface area (TPSA) is 86.5 Å². The molecule has 0 saturated carbocycles. The Kier molecular flexibility index (Phi) is 2.33. The summed E-state index contributed by atoms with van der Waals surface area (Å²) in [6.07, 6.45) is 1.34. The van der Waals surface area contributed by atoms with Gasteiger partial charge in [0.25, 0.3) is 5.91 Å². The van der Waals surface area contributed by atoms with Crippen LogP contribution in [0.2, 0.25) is 0 Å². The van der Waals surface area contributed by atoms with Crippen LogP contribution in [0.15, 0.2) is 30.6 Å². The molecule has 1 amide bonds. The third-order valence-corrected chi connectivity index (χ3v) is 2.77. The first-order chi connectivity index (χ1) is 8.75. The molecule has 0 aliphatic heterocycles. The monoisotopic (exact) mass is 241 g/mol. The van der Waals surface area contributed by atoms with Crippen LogP contribution in [0.4, 0.5) is 5.95 Å². The van der Waals surface area contributed by atoms with E-state index in [4.69, 9.17) is 0 Å². The van der Waals surface area contributed by atoms with Gasteiger partial charge in [-0.2, -0.15) is 10.1 Å². The standard InChI is InChI=1S/C12H11N5O/c1-7-10(8-4-2-3-5-9(8)15-7)11(18)16-12-13-6-14-17-12/h2-6,15H,1H3,(H2,13,14,16,17,18). The van der Waals surface area contributed by atoms with Gasteiger partial charge in [-0.25, -0.2) is 5.10 Å². The van der Waals surface area contributed by atoms with Crippen LogP contribution in [0.5, 0.6) is 0 Å². The molecule has 0 unspecified atom stereocenters. The van der Waals surface area contributed by atoms with E-state index in [9.17, 15) is 4.79 Å². The fourth-order valence-electron chi connectivity index (χ4n) is 2.00. The number of benzene rings is 1. The van der Waals surface area contributed by atoms with Gasteiger partial charge < -0.3 is 4.98 Å². The molecule has 2 aromatic heterocycles. The molecule has 0 saturated heterocycles. The Labute approximate surface area is 102 Å². The van der Waals surface area contributed by atoms with E-state index in [0.717, 1.165) is 16.6 Å². The maximum Gasteiger partial charge on any atom is 0.260 e. The lowest BCUT2D eigenvalue weighted by molar-refractivity contribution is 0.102. The van der Waals surface area contributed by atoms with E-state index in [1.54, 1.807) is 0 Å². The van der Waals surface area contributed by atoms with Crippen LogP contribution in [0.25, 0.3) is 10.9 Å². The second-order valence-electron chi connectivity index (χ2n) is 3.96. The van der Waals surface area contributed by atoms with Crippen molar-refractivity contribution < 1.29 is 4.79 Å². The number of amides is 1. The Morgan fingerprint density at radius 2 is 2.17 bits per heavy atom. The Hall–Kier alpha value is -2.63. The molecule has 90 valence electrons. The quantitative estimate of drug-likeness (QED) is 0.639. The van der Waals surface area contributed by atoms with Crippen molar-refractivity contribution in [3.63, 3.8) is 0 Å². The Balaban J connectivity index is 2.03. The molecule has 0 spiro atoms. The van der Waals surface area contributed by atoms with Gasteiger partial charge >= 0.3 is 0 Å². The molecule has 6 nitrogen and oxygen atoms in total. The molecule has 2 heterocycles. The largest absolute Gasteiger partial charge is 0.358 e. The lowest BCUT2D eigenvalue weighted by atomic mass is 10.1. The summed E-state index contributed by atoms with van der Waals surface area (Å²) in [4.78, 5) is 19.2. The highest BCUT2D eigenvalue weighted by atomic mass is 16.1. The smallest absolute Gasteiger partial charge is 0.260 e. The van der Waals surface area contributed by atoms with Crippen molar-refractivity contribution in [1.82, 2.24) is 20.2 Å². The second kappa shape index (κ2) is 3.99. The van der Waals surface area contributed by atoms with Gasteiger partial charge in [0.1, 0.15) is 6.33 Å². The number of carbonyl (C=O) groups is 1. The van der Waals surface area contributed by atoms with Crippen LogP contribution < -0.4 is 5.32 Å². The number of hydrogen-bond donors (Lipinski definition) is 3. The molecule has 0 bridgehead atoms. The van der Waals surface area contributed by atoms with Gasteiger partial charge in [0.05, 0.1) is 5.56 Å². The molecular formula is C12H11N5O. The molecule has 0 atom stereocenters. The van der Waals surface area contributed by atoms with Crippen molar-refractivity contribution in [3.05, 3.63) is 41.9 Å². The summed E-state index contributed by atoms with van der Waals surface area (Å²) in [6, 6.07) is 7.68. The summed E-state index contributed by atoms with van der Waals surface area (Å²) < 4.78 is 0. The lowest BCUT2D eigenvalue weighted by Crippen LogP contribution is -2.13. The lowest BCUT2D eigenvalue weighted by Gasteiger charge is -2.01. The zero-order valence-corrected chi connectivity index (χ0v) is 9.69. The van der Waals surface area contributed by atoms with Crippen molar-refractivity contribution in [2.24, 2.45) is 0 Å². The summed E-state index contributed by atoms with van der Waals surface area (Å²) in [7, 11) is 0. The number of aromatic nitrogens is 4. The van der Waals surface area contributed by atoms with Crippen LogP contribution in [0.3, 0.4) is 0 Å². The molecule has 0 aliphatic carbocycles. The predicted octanol–water partition coefficient (Wildman–Crippen LogP) is 1.85. The van der Waals surface area contributed by atoms with E-state index in [1.165, 1.54) is 6.33 Å². The van der Waals surface area contributed by atoms with E-state index in [2.05, 4.69) is 25.5 Å². The maximum atomic E-state index is 12.2. The minimum atomic E-state index is -0.207. The highest BCUT2D eigenvalue weighted by Gasteiger charge is 2.16. The summed E-state index contributed by atoms with van der Waals surface area (Å²) in [6.45, 7) is 1.87. The first-order valence-corrected chi connectivity index (χ1v) is 5.50. The molecule has 6 heteroatoms. The molecule has 3 rings (SSSR count). The van der Waals surface area contributed by atoms with E-state index in [1.807, 2.05) is 31.2 Å². The van der Waals surface area contributed by atoms with Gasteiger partial charge in [-0.1, -0.05) is 18.2 Å². The normalized spacial score (nSPS) is 10.7. The molecule has 0 fully saturated rings. The molecule has 0 aliphatic rings. The van der Waals surface area contributed by atoms with Gasteiger partial charge in [-0.15, -0.1) is 0 Å². The average Bonchev–Trinajstić information content (AvgIpc) is 2.94. The third-order valence-electron chi connectivity index (χ3n) is 2.77. The molecule has 3 aromatic rings. The Morgan fingerprint density at radius 1 is 1.33 bits per heavy atom. The average molecular weight is 241 g/mol. The summed E-state index contributed by atoms with van der Waals surface area (Å²) >= 11 is 0. The number of H-pyrrole nitrogens is 2. The number of carbonyl (C=O) groups excluding carboxylic acids is 1. The molecule has 0 radical (unpaired) electrons. The van der Waals surface area contributed by atoms with Crippen molar-refractivity contribution in [2.75, 3.05) is 5.32 Å². The highest BCUT2D eigenvalue weighted by molar-refractivity contribution is 6.13. The van der Waals surface area contributed by atoms with E-state index < -0.39 is 0 Å². The first-order valence-electron chi connectivity index (χ1n) is 5.50. The number of aromatic amines is 2. The first kappa shape index (κ1) is 10.5. The second-order valence-corrected chi connectivity index (χ2v) is 3.96. The highest BCUT2D eigenvalue weighted by Crippen LogP contribution is 2.22. The van der Waals surface area contributed by atoms with Crippen LogP contribution in [0.1, 0.15) is 16.1 Å². The SMILES string of the molecule is Cc1[nH]c2ccccc2c1C(=O)Nc1ncn[nH]1. The Bertz CT molecular complexity index is 698. The zero-order chi connectivity index (χ0) is 12.5. The zero-order valence-electron chi connectivity index (χ0n) is 9.69. The van der Waals surface area contributed by atoms with Gasteiger partial charge in [0.15, 0.2) is 0 Å². The van der Waals surface area contributed by atoms with Crippen LogP contribution in [0, 0.1) is 6.92 Å². The number of nitrogens with zero attached hydrogens (tertiary/aromatic N) is 2. The molecular weight excluding hydrogens is 230 g/mol. The van der Waals surface area contributed by atoms with E-state index >= 15 is 0 Å². The predicted molar refractivity (Wildman–Crippen MR) is 67.4 cm³/mol. The number of anilines is 1. The molecule has 3 N–H and O–H groups in total. The maximum absolute atomic E-state index is 12.2. The molecule has 1 aromatic carbocycles. The van der Waals surface area contributed by atoms with Crippen LogP contribution in [-0.2, 0) is 0 Å². The summed E-state index contributed by atoms with van der Waals surface area (Å²) in [5.41, 5.74) is 2.40. The van der Waals surface area contributed by atoms with Gasteiger partial charge in [-0.3, -0.25) is 10.1 Å². The van der Waals surface area contributed by atoms with E-state index in [0.29, 0.717) is 11.5 Å². The van der Waals surface area contributed by atoms with Gasteiger partial charge in [0, 0.05) is 16.6 Å². The minimum absolute atomic E-state index is 0.207. The third kappa shape index (κ3) is 1.64. The summed E-state index contributed by atoms with van der Waals surface area (Å²) in [5.74, 6) is 0.131. The fourth-order valence-corrected chi connectivity index (χ4v) is 2.00. The van der Waals surface area contributed by atoms with E-state index in [-0.39, 0.29) is 5.91 Å². The fraction of sp³-hybridized carbons (Fsp3) is 0.0833. The molecule has 18 heavy (non-hydrogen) atoms. The van der Waals surface area contributed by atoms with Gasteiger partial charge in [-0.05, 0) is 13.0 Å². The minimum Gasteiger partial charge on any atom is -0.358 e. The summed E-state index contributed by atoms with van der Waals surface area (Å²) in [5, 5.41) is 9.84. The van der Waals surface area contributed by atoms with Crippen molar-refractivity contribution in [1.29, 1.82) is 0 Å². The number of rotatable bonds is 2. The number of hydrogen-bond acceptors (Lipinski definition) is 3.